The third-order valence-corrected chi connectivity index (χ3v) is 4.61. The molecule has 1 aromatic carbocycles. The number of H-pyrrole nitrogens is 1. The van der Waals surface area contributed by atoms with Crippen LogP contribution >= 0.6 is 11.6 Å². The molecular weight excluding hydrogens is 328 g/mol. The second kappa shape index (κ2) is 5.36. The monoisotopic (exact) mass is 340 g/mol. The predicted molar refractivity (Wildman–Crippen MR) is 80.4 cm³/mol. The van der Waals surface area contributed by atoms with E-state index in [1.807, 2.05) is 12.1 Å². The highest BCUT2D eigenvalue weighted by atomic mass is 35.5. The molecule has 9 heteroatoms. The number of carbonyl (C=O) groups excluding carboxylic acids is 1. The molecule has 0 radical (unpaired) electrons. The number of aromatic amines is 1. The summed E-state index contributed by atoms with van der Waals surface area (Å²) in [5.74, 6) is -0.280. The van der Waals surface area contributed by atoms with Crippen molar-refractivity contribution >= 4 is 33.3 Å². The first kappa shape index (κ1) is 15.0. The van der Waals surface area contributed by atoms with Gasteiger partial charge in [-0.05, 0) is 30.0 Å². The van der Waals surface area contributed by atoms with Crippen molar-refractivity contribution in [1.29, 1.82) is 0 Å². The average Bonchev–Trinajstić information content (AvgIpc) is 3.10. The maximum Gasteiger partial charge on any atom is 0.249 e. The van der Waals surface area contributed by atoms with Gasteiger partial charge in [0.05, 0.1) is 0 Å². The molecule has 1 fully saturated rings. The Morgan fingerprint density at radius 3 is 2.64 bits per heavy atom. The van der Waals surface area contributed by atoms with Crippen LogP contribution in [0.3, 0.4) is 0 Å². The number of sulfone groups is 1. The first-order valence-corrected chi connectivity index (χ1v) is 8.80. The van der Waals surface area contributed by atoms with Crippen molar-refractivity contribution in [3.05, 3.63) is 34.9 Å². The van der Waals surface area contributed by atoms with Crippen LogP contribution in [0, 0.1) is 5.92 Å². The lowest BCUT2D eigenvalue weighted by Gasteiger charge is -2.01. The van der Waals surface area contributed by atoms with Crippen LogP contribution in [-0.4, -0.2) is 35.8 Å². The second-order valence-electron chi connectivity index (χ2n) is 5.23. The molecule has 0 aliphatic heterocycles. The molecule has 1 aromatic heterocycles. The summed E-state index contributed by atoms with van der Waals surface area (Å²) in [6.45, 7) is 0. The van der Waals surface area contributed by atoms with Gasteiger partial charge < -0.3 is 0 Å². The van der Waals surface area contributed by atoms with Gasteiger partial charge in [0, 0.05) is 17.2 Å². The highest BCUT2D eigenvalue weighted by Gasteiger charge is 2.44. The minimum absolute atomic E-state index is 0.0350. The molecule has 1 aliphatic carbocycles. The fraction of sp³-hybridized carbons (Fsp3) is 0.308. The number of nitrogens with zero attached hydrogens (tertiary/aromatic N) is 2. The Balaban J connectivity index is 1.64. The van der Waals surface area contributed by atoms with E-state index >= 15 is 0 Å². The number of halogens is 1. The number of carbonyl (C=O) groups is 1. The first-order chi connectivity index (χ1) is 10.3. The van der Waals surface area contributed by atoms with Crippen molar-refractivity contribution in [2.75, 3.05) is 11.6 Å². The maximum absolute atomic E-state index is 12.1. The molecule has 1 heterocycles. The van der Waals surface area contributed by atoms with E-state index in [2.05, 4.69) is 20.5 Å². The average molecular weight is 341 g/mol. The Morgan fingerprint density at radius 1 is 1.36 bits per heavy atom. The van der Waals surface area contributed by atoms with Crippen LogP contribution in [0.15, 0.2) is 29.4 Å². The molecule has 0 spiro atoms. The molecular formula is C13H13ClN4O3S. The Bertz CT molecular complexity index is 816. The van der Waals surface area contributed by atoms with Crippen LogP contribution in [0.25, 0.3) is 0 Å². The SMILES string of the molecule is CS(=O)(=O)c1nc(NC(=O)[C@@H]2C[C@@H]2c2ccc(Cl)cc2)n[nH]1. The molecule has 3 rings (SSSR count). The summed E-state index contributed by atoms with van der Waals surface area (Å²) in [4.78, 5) is 15.8. The largest absolute Gasteiger partial charge is 0.293 e. The Kier molecular flexibility index (Phi) is 3.65. The number of benzene rings is 1. The van der Waals surface area contributed by atoms with E-state index in [0.29, 0.717) is 5.02 Å². The number of hydrogen-bond donors (Lipinski definition) is 2. The lowest BCUT2D eigenvalue weighted by molar-refractivity contribution is -0.117. The van der Waals surface area contributed by atoms with Crippen molar-refractivity contribution in [2.45, 2.75) is 17.5 Å². The third-order valence-electron chi connectivity index (χ3n) is 3.48. The highest BCUT2D eigenvalue weighted by molar-refractivity contribution is 7.90. The fourth-order valence-corrected chi connectivity index (χ4v) is 2.82. The first-order valence-electron chi connectivity index (χ1n) is 6.53. The van der Waals surface area contributed by atoms with Crippen molar-refractivity contribution in [1.82, 2.24) is 15.2 Å². The Morgan fingerprint density at radius 2 is 2.05 bits per heavy atom. The normalized spacial score (nSPS) is 20.6. The Hall–Kier alpha value is -1.93. The minimum atomic E-state index is -3.47. The van der Waals surface area contributed by atoms with Gasteiger partial charge in [-0.25, -0.2) is 13.5 Å². The van der Waals surface area contributed by atoms with E-state index in [9.17, 15) is 13.2 Å². The topological polar surface area (TPSA) is 105 Å². The van der Waals surface area contributed by atoms with Crippen LogP contribution in [0.2, 0.25) is 5.02 Å². The molecule has 1 amide bonds. The van der Waals surface area contributed by atoms with Crippen molar-refractivity contribution in [3.63, 3.8) is 0 Å². The maximum atomic E-state index is 12.1. The van der Waals surface area contributed by atoms with E-state index in [1.165, 1.54) is 0 Å². The quantitative estimate of drug-likeness (QED) is 0.879. The van der Waals surface area contributed by atoms with Gasteiger partial charge in [-0.15, -0.1) is 5.10 Å². The van der Waals surface area contributed by atoms with Crippen molar-refractivity contribution < 1.29 is 13.2 Å². The zero-order valence-electron chi connectivity index (χ0n) is 11.6. The molecule has 2 N–H and O–H groups in total. The molecule has 1 aliphatic rings. The number of aromatic nitrogens is 3. The van der Waals surface area contributed by atoms with Crippen molar-refractivity contribution in [3.8, 4) is 0 Å². The second-order valence-corrected chi connectivity index (χ2v) is 7.59. The molecule has 0 bridgehead atoms. The molecule has 2 aromatic rings. The van der Waals surface area contributed by atoms with E-state index in [0.717, 1.165) is 18.2 Å². The van der Waals surface area contributed by atoms with Crippen molar-refractivity contribution in [2.24, 2.45) is 5.92 Å². The minimum Gasteiger partial charge on any atom is -0.293 e. The fourth-order valence-electron chi connectivity index (χ4n) is 2.23. The van der Waals surface area contributed by atoms with Gasteiger partial charge in [0.15, 0.2) is 0 Å². The summed E-state index contributed by atoms with van der Waals surface area (Å²) >= 11 is 5.83. The summed E-state index contributed by atoms with van der Waals surface area (Å²) < 4.78 is 22.6. The zero-order valence-corrected chi connectivity index (χ0v) is 13.1. The van der Waals surface area contributed by atoms with Gasteiger partial charge in [0.2, 0.25) is 26.8 Å². The smallest absolute Gasteiger partial charge is 0.249 e. The van der Waals surface area contributed by atoms with Crippen LogP contribution in [-0.2, 0) is 14.6 Å². The number of anilines is 1. The summed E-state index contributed by atoms with van der Waals surface area (Å²) in [5.41, 5.74) is 1.05. The van der Waals surface area contributed by atoms with Gasteiger partial charge in [0.1, 0.15) is 0 Å². The summed E-state index contributed by atoms with van der Waals surface area (Å²) in [6, 6.07) is 7.37. The molecule has 1 saturated carbocycles. The molecule has 7 nitrogen and oxygen atoms in total. The number of amides is 1. The summed E-state index contributed by atoms with van der Waals surface area (Å²) in [6.07, 6.45) is 1.74. The third kappa shape index (κ3) is 3.12. The van der Waals surface area contributed by atoms with E-state index in [-0.39, 0.29) is 28.8 Å². The molecule has 0 unspecified atom stereocenters. The zero-order chi connectivity index (χ0) is 15.9. The molecule has 0 saturated heterocycles. The summed E-state index contributed by atoms with van der Waals surface area (Å²) in [7, 11) is -3.47. The predicted octanol–water partition coefficient (Wildman–Crippen LogP) is 1.60. The van der Waals surface area contributed by atoms with E-state index < -0.39 is 9.84 Å². The highest BCUT2D eigenvalue weighted by Crippen LogP contribution is 2.48. The van der Waals surface area contributed by atoms with Crippen LogP contribution in [0.5, 0.6) is 0 Å². The van der Waals surface area contributed by atoms with Crippen LogP contribution < -0.4 is 5.32 Å². The van der Waals surface area contributed by atoms with E-state index in [1.54, 1.807) is 12.1 Å². The number of rotatable bonds is 4. The molecule has 2 atom stereocenters. The van der Waals surface area contributed by atoms with Crippen LogP contribution in [0.1, 0.15) is 17.9 Å². The lowest BCUT2D eigenvalue weighted by atomic mass is 10.1. The Labute approximate surface area is 132 Å². The number of hydrogen-bond acceptors (Lipinski definition) is 5. The van der Waals surface area contributed by atoms with Gasteiger partial charge >= 0.3 is 0 Å². The molecule has 116 valence electrons. The van der Waals surface area contributed by atoms with E-state index in [4.69, 9.17) is 11.6 Å². The van der Waals surface area contributed by atoms with Gasteiger partial charge in [-0.3, -0.25) is 10.1 Å². The van der Waals surface area contributed by atoms with Crippen LogP contribution in [0.4, 0.5) is 5.95 Å². The molecule has 22 heavy (non-hydrogen) atoms. The van der Waals surface area contributed by atoms with Gasteiger partial charge in [-0.2, -0.15) is 4.98 Å². The van der Waals surface area contributed by atoms with Gasteiger partial charge in [0.25, 0.3) is 0 Å². The summed E-state index contributed by atoms with van der Waals surface area (Å²) in [5, 5.41) is 8.86. The number of nitrogens with one attached hydrogen (secondary N) is 2. The van der Waals surface area contributed by atoms with Gasteiger partial charge in [-0.1, -0.05) is 23.7 Å². The standard InChI is InChI=1S/C13H13ClN4O3S/c1-22(20,21)13-16-12(17-18-13)15-11(19)10-6-9(10)7-2-4-8(14)5-3-7/h2-5,9-10H,6H2,1H3,(H2,15,16,17,18,19)/t9-,10-/m1/s1. The lowest BCUT2D eigenvalue weighted by Crippen LogP contribution is -2.15.